The lowest BCUT2D eigenvalue weighted by molar-refractivity contribution is -0.124. The summed E-state index contributed by atoms with van der Waals surface area (Å²) in [7, 11) is 1.43. The highest BCUT2D eigenvalue weighted by atomic mass is 16.6. The van der Waals surface area contributed by atoms with E-state index in [2.05, 4.69) is 5.32 Å². The van der Waals surface area contributed by atoms with Crippen LogP contribution < -0.4 is 15.5 Å². The van der Waals surface area contributed by atoms with Crippen LogP contribution in [0.5, 0.6) is 11.5 Å². The molecule has 1 atom stereocenters. The number of hydrogen-bond acceptors (Lipinski definition) is 7. The first kappa shape index (κ1) is 24.4. The number of rotatable bonds is 10. The molecule has 0 fully saturated rings. The number of amides is 2. The van der Waals surface area contributed by atoms with E-state index in [0.29, 0.717) is 41.8 Å². The molecular formula is C23H26N2O7. The van der Waals surface area contributed by atoms with Gasteiger partial charge in [-0.15, -0.1) is 0 Å². The van der Waals surface area contributed by atoms with Crippen LogP contribution in [0.25, 0.3) is 0 Å². The standard InChI is InChI=1S/C23H26N2O7/c1-15(26)16-8-11-18(12-9-16)24-23(29)32-20(6-4-3-5-7-22(28)25-30)17-10-13-21(31-2)19(27)14-17/h5,7-14,20,27,30H,3-4,6H2,1-2H3,(H,24,29)(H,25,28)/b7-5+/t20-/m1/s1. The van der Waals surface area contributed by atoms with Gasteiger partial charge in [0.2, 0.25) is 0 Å². The lowest BCUT2D eigenvalue weighted by atomic mass is 10.0. The van der Waals surface area contributed by atoms with Crippen molar-refractivity contribution >= 4 is 23.5 Å². The third-order valence-electron chi connectivity index (χ3n) is 4.58. The van der Waals surface area contributed by atoms with Gasteiger partial charge in [-0.3, -0.25) is 20.1 Å². The Bertz CT molecular complexity index is 971. The predicted molar refractivity (Wildman–Crippen MR) is 117 cm³/mol. The van der Waals surface area contributed by atoms with Crippen LogP contribution in [-0.4, -0.2) is 35.2 Å². The quantitative estimate of drug-likeness (QED) is 0.143. The van der Waals surface area contributed by atoms with E-state index in [9.17, 15) is 19.5 Å². The number of ketones is 1. The number of phenols is 1. The molecule has 0 saturated heterocycles. The molecule has 0 radical (unpaired) electrons. The molecule has 9 heteroatoms. The molecule has 0 aliphatic heterocycles. The number of aromatic hydroxyl groups is 1. The monoisotopic (exact) mass is 442 g/mol. The SMILES string of the molecule is COc1ccc([C@@H](CCC/C=C/C(=O)NO)OC(=O)Nc2ccc(C(C)=O)cc2)cc1O. The number of carbonyl (C=O) groups is 3. The van der Waals surface area contributed by atoms with Crippen molar-refractivity contribution in [2.75, 3.05) is 12.4 Å². The molecule has 2 amide bonds. The van der Waals surface area contributed by atoms with Crippen LogP contribution in [0.3, 0.4) is 0 Å². The average molecular weight is 442 g/mol. The zero-order chi connectivity index (χ0) is 23.5. The number of hydroxylamine groups is 1. The van der Waals surface area contributed by atoms with Crippen molar-refractivity contribution in [2.24, 2.45) is 0 Å². The van der Waals surface area contributed by atoms with Crippen molar-refractivity contribution in [3.63, 3.8) is 0 Å². The number of anilines is 1. The van der Waals surface area contributed by atoms with Gasteiger partial charge in [0.25, 0.3) is 5.91 Å². The predicted octanol–water partition coefficient (Wildman–Crippen LogP) is 4.13. The van der Waals surface area contributed by atoms with Gasteiger partial charge in [0.05, 0.1) is 7.11 Å². The van der Waals surface area contributed by atoms with E-state index in [-0.39, 0.29) is 11.5 Å². The molecule has 0 saturated carbocycles. The minimum absolute atomic E-state index is 0.0796. The molecule has 2 rings (SSSR count). The Hall–Kier alpha value is -3.85. The lowest BCUT2D eigenvalue weighted by Gasteiger charge is -2.19. The van der Waals surface area contributed by atoms with Gasteiger partial charge < -0.3 is 14.6 Å². The molecule has 4 N–H and O–H groups in total. The van der Waals surface area contributed by atoms with Gasteiger partial charge in [-0.25, -0.2) is 10.3 Å². The number of methoxy groups -OCH3 is 1. The van der Waals surface area contributed by atoms with Crippen molar-refractivity contribution in [2.45, 2.75) is 32.3 Å². The van der Waals surface area contributed by atoms with E-state index in [1.807, 2.05) is 0 Å². The second kappa shape index (κ2) is 12.1. The van der Waals surface area contributed by atoms with E-state index in [0.717, 1.165) is 0 Å². The molecular weight excluding hydrogens is 416 g/mol. The Morgan fingerprint density at radius 3 is 2.44 bits per heavy atom. The van der Waals surface area contributed by atoms with E-state index in [4.69, 9.17) is 14.7 Å². The molecule has 32 heavy (non-hydrogen) atoms. The topological polar surface area (TPSA) is 134 Å². The van der Waals surface area contributed by atoms with Crippen LogP contribution in [0.4, 0.5) is 10.5 Å². The summed E-state index contributed by atoms with van der Waals surface area (Å²) in [5.41, 5.74) is 3.07. The Morgan fingerprint density at radius 1 is 1.12 bits per heavy atom. The average Bonchev–Trinajstić information content (AvgIpc) is 2.78. The molecule has 0 bridgehead atoms. The van der Waals surface area contributed by atoms with Crippen molar-refractivity contribution < 1.29 is 34.2 Å². The molecule has 0 aliphatic carbocycles. The Kier molecular flexibility index (Phi) is 9.24. The minimum Gasteiger partial charge on any atom is -0.504 e. The molecule has 2 aromatic carbocycles. The van der Waals surface area contributed by atoms with Crippen molar-refractivity contribution in [1.29, 1.82) is 0 Å². The number of phenolic OH excluding ortho intramolecular Hbond substituents is 1. The Morgan fingerprint density at radius 2 is 1.84 bits per heavy atom. The first-order valence-corrected chi connectivity index (χ1v) is 9.90. The van der Waals surface area contributed by atoms with Gasteiger partial charge in [0, 0.05) is 17.3 Å². The molecule has 170 valence electrons. The number of hydrogen-bond donors (Lipinski definition) is 4. The number of carbonyl (C=O) groups excluding carboxylic acids is 3. The number of Topliss-reactive ketones (excluding diaryl/α,β-unsaturated/α-hetero) is 1. The largest absolute Gasteiger partial charge is 0.504 e. The molecule has 2 aromatic rings. The van der Waals surface area contributed by atoms with E-state index >= 15 is 0 Å². The van der Waals surface area contributed by atoms with Crippen LogP contribution >= 0.6 is 0 Å². The van der Waals surface area contributed by atoms with Gasteiger partial charge in [-0.2, -0.15) is 0 Å². The first-order chi connectivity index (χ1) is 15.3. The van der Waals surface area contributed by atoms with Gasteiger partial charge >= 0.3 is 6.09 Å². The zero-order valence-corrected chi connectivity index (χ0v) is 17.8. The number of allylic oxidation sites excluding steroid dienone is 1. The van der Waals surface area contributed by atoms with Crippen molar-refractivity contribution in [3.8, 4) is 11.5 Å². The van der Waals surface area contributed by atoms with E-state index in [1.165, 1.54) is 31.7 Å². The highest BCUT2D eigenvalue weighted by molar-refractivity contribution is 5.95. The summed E-state index contributed by atoms with van der Waals surface area (Å²) in [6, 6.07) is 11.1. The molecule has 0 heterocycles. The van der Waals surface area contributed by atoms with Crippen LogP contribution in [0.1, 0.15) is 48.2 Å². The van der Waals surface area contributed by atoms with Crippen LogP contribution in [-0.2, 0) is 9.53 Å². The summed E-state index contributed by atoms with van der Waals surface area (Å²) in [6.07, 6.45) is 2.89. The number of ether oxygens (including phenoxy) is 2. The number of unbranched alkanes of at least 4 members (excludes halogenated alkanes) is 1. The maximum Gasteiger partial charge on any atom is 0.412 e. The summed E-state index contributed by atoms with van der Waals surface area (Å²) < 4.78 is 10.6. The van der Waals surface area contributed by atoms with Gasteiger partial charge in [0.15, 0.2) is 17.3 Å². The maximum absolute atomic E-state index is 12.5. The minimum atomic E-state index is -0.698. The lowest BCUT2D eigenvalue weighted by Crippen LogP contribution is -2.18. The highest BCUT2D eigenvalue weighted by Crippen LogP contribution is 2.32. The number of benzene rings is 2. The van der Waals surface area contributed by atoms with Crippen LogP contribution in [0.2, 0.25) is 0 Å². The highest BCUT2D eigenvalue weighted by Gasteiger charge is 2.18. The molecule has 9 nitrogen and oxygen atoms in total. The van der Waals surface area contributed by atoms with E-state index < -0.39 is 18.1 Å². The van der Waals surface area contributed by atoms with Crippen LogP contribution in [0, 0.1) is 0 Å². The van der Waals surface area contributed by atoms with Crippen molar-refractivity contribution in [1.82, 2.24) is 5.48 Å². The summed E-state index contributed by atoms with van der Waals surface area (Å²) in [6.45, 7) is 1.46. The zero-order valence-electron chi connectivity index (χ0n) is 17.8. The summed E-state index contributed by atoms with van der Waals surface area (Å²) in [5, 5.41) is 21.2. The molecule has 0 aliphatic rings. The van der Waals surface area contributed by atoms with Gasteiger partial charge in [-0.1, -0.05) is 12.1 Å². The number of nitrogens with one attached hydrogen (secondary N) is 2. The third-order valence-corrected chi connectivity index (χ3v) is 4.58. The van der Waals surface area contributed by atoms with Crippen molar-refractivity contribution in [3.05, 3.63) is 65.7 Å². The summed E-state index contributed by atoms with van der Waals surface area (Å²) in [4.78, 5) is 34.9. The molecule has 0 aromatic heterocycles. The van der Waals surface area contributed by atoms with Crippen LogP contribution in [0.15, 0.2) is 54.6 Å². The fourth-order valence-corrected chi connectivity index (χ4v) is 2.91. The maximum atomic E-state index is 12.5. The normalized spacial score (nSPS) is 11.6. The Balaban J connectivity index is 2.08. The smallest absolute Gasteiger partial charge is 0.412 e. The second-order valence-electron chi connectivity index (χ2n) is 6.89. The summed E-state index contributed by atoms with van der Waals surface area (Å²) >= 11 is 0. The van der Waals surface area contributed by atoms with E-state index in [1.54, 1.807) is 42.5 Å². The summed E-state index contributed by atoms with van der Waals surface area (Å²) in [5.74, 6) is -0.504. The fraction of sp³-hybridized carbons (Fsp3) is 0.261. The Labute approximate surface area is 185 Å². The molecule has 0 unspecified atom stereocenters. The van der Waals surface area contributed by atoms with Gasteiger partial charge in [-0.05, 0) is 68.1 Å². The fourth-order valence-electron chi connectivity index (χ4n) is 2.91. The van der Waals surface area contributed by atoms with Gasteiger partial charge in [0.1, 0.15) is 6.10 Å². The third kappa shape index (κ3) is 7.44. The molecule has 0 spiro atoms. The second-order valence-corrected chi connectivity index (χ2v) is 6.89. The first-order valence-electron chi connectivity index (χ1n) is 9.90.